The largest absolute Gasteiger partial charge is 0.450 e. The number of likely N-dealkylation sites (tertiary alicyclic amines) is 1. The molecule has 1 spiro atoms. The van der Waals surface area contributed by atoms with Crippen molar-refractivity contribution in [2.24, 2.45) is 0 Å². The number of hydrogen-bond acceptors (Lipinski definition) is 3. The molecule has 0 radical (unpaired) electrons. The third kappa shape index (κ3) is 2.42. The first-order valence-electron chi connectivity index (χ1n) is 8.12. The predicted molar refractivity (Wildman–Crippen MR) is 89.8 cm³/mol. The molecule has 2 heterocycles. The van der Waals surface area contributed by atoms with E-state index in [0.717, 1.165) is 11.3 Å². The first-order chi connectivity index (χ1) is 11.7. The van der Waals surface area contributed by atoms with Gasteiger partial charge in [-0.05, 0) is 18.2 Å². The van der Waals surface area contributed by atoms with Crippen molar-refractivity contribution in [2.45, 2.75) is 18.4 Å². The Morgan fingerprint density at radius 3 is 2.42 bits per heavy atom. The van der Waals surface area contributed by atoms with Crippen LogP contribution < -0.4 is 5.32 Å². The van der Waals surface area contributed by atoms with Crippen LogP contribution in [0.3, 0.4) is 0 Å². The summed E-state index contributed by atoms with van der Waals surface area (Å²) in [6, 6.07) is 16.8. The second-order valence-electron chi connectivity index (χ2n) is 6.21. The van der Waals surface area contributed by atoms with Crippen LogP contribution >= 0.6 is 0 Å². The zero-order valence-electron chi connectivity index (χ0n) is 13.2. The maximum atomic E-state index is 12.4. The topological polar surface area (TPSA) is 58.6 Å². The van der Waals surface area contributed by atoms with E-state index in [0.29, 0.717) is 31.5 Å². The molecule has 24 heavy (non-hydrogen) atoms. The van der Waals surface area contributed by atoms with Gasteiger partial charge < -0.3 is 15.0 Å². The highest BCUT2D eigenvalue weighted by Crippen LogP contribution is 2.43. The number of para-hydroxylation sites is 1. The number of esters is 1. The van der Waals surface area contributed by atoms with Gasteiger partial charge in [0.2, 0.25) is 0 Å². The standard InChI is InChI=1S/C19H18N2O3/c22-17-15-8-4-5-9-16(15)19(24-17)10-12-21(13-11-19)18(23)20-14-6-2-1-3-7-14/h1-9H,10-13H2,(H,20,23). The van der Waals surface area contributed by atoms with Crippen molar-refractivity contribution in [1.82, 2.24) is 4.90 Å². The van der Waals surface area contributed by atoms with E-state index in [1.807, 2.05) is 48.5 Å². The lowest BCUT2D eigenvalue weighted by molar-refractivity contribution is -0.0363. The molecule has 5 heteroatoms. The number of nitrogens with one attached hydrogen (secondary N) is 1. The van der Waals surface area contributed by atoms with Gasteiger partial charge in [-0.2, -0.15) is 0 Å². The van der Waals surface area contributed by atoms with Gasteiger partial charge in [-0.3, -0.25) is 0 Å². The number of urea groups is 1. The third-order valence-electron chi connectivity index (χ3n) is 4.81. The number of nitrogens with zero attached hydrogens (tertiary/aromatic N) is 1. The van der Waals surface area contributed by atoms with Gasteiger partial charge in [0.05, 0.1) is 5.56 Å². The van der Waals surface area contributed by atoms with E-state index in [4.69, 9.17) is 4.74 Å². The molecule has 2 aromatic rings. The Morgan fingerprint density at radius 2 is 1.67 bits per heavy atom. The second kappa shape index (κ2) is 5.67. The van der Waals surface area contributed by atoms with Gasteiger partial charge in [0.1, 0.15) is 5.60 Å². The maximum absolute atomic E-state index is 12.4. The van der Waals surface area contributed by atoms with Gasteiger partial charge in [-0.15, -0.1) is 0 Å². The minimum absolute atomic E-state index is 0.117. The molecule has 2 aliphatic rings. The highest BCUT2D eigenvalue weighted by Gasteiger charge is 2.47. The monoisotopic (exact) mass is 322 g/mol. The number of ether oxygens (including phenoxy) is 1. The van der Waals surface area contributed by atoms with Crippen LogP contribution in [0, 0.1) is 0 Å². The van der Waals surface area contributed by atoms with E-state index in [9.17, 15) is 9.59 Å². The van der Waals surface area contributed by atoms with Crippen LogP contribution in [-0.4, -0.2) is 30.0 Å². The number of benzene rings is 2. The summed E-state index contributed by atoms with van der Waals surface area (Å²) in [5.74, 6) is -0.257. The van der Waals surface area contributed by atoms with Gasteiger partial charge in [-0.1, -0.05) is 36.4 Å². The number of rotatable bonds is 1. The van der Waals surface area contributed by atoms with Crippen molar-refractivity contribution in [2.75, 3.05) is 18.4 Å². The van der Waals surface area contributed by atoms with Crippen molar-refractivity contribution < 1.29 is 14.3 Å². The summed E-state index contributed by atoms with van der Waals surface area (Å²) in [5, 5.41) is 2.90. The molecule has 122 valence electrons. The van der Waals surface area contributed by atoms with Crippen LogP contribution in [0.4, 0.5) is 10.5 Å². The summed E-state index contributed by atoms with van der Waals surface area (Å²) in [7, 11) is 0. The Balaban J connectivity index is 1.46. The van der Waals surface area contributed by atoms with E-state index < -0.39 is 5.60 Å². The van der Waals surface area contributed by atoms with E-state index in [-0.39, 0.29) is 12.0 Å². The summed E-state index contributed by atoms with van der Waals surface area (Å²) in [4.78, 5) is 26.2. The van der Waals surface area contributed by atoms with Crippen molar-refractivity contribution in [3.8, 4) is 0 Å². The van der Waals surface area contributed by atoms with Crippen LogP contribution in [0.25, 0.3) is 0 Å². The maximum Gasteiger partial charge on any atom is 0.339 e. The lowest BCUT2D eigenvalue weighted by Crippen LogP contribution is -2.46. The molecule has 0 aliphatic carbocycles. The SMILES string of the molecule is O=C1OC2(CCN(C(=O)Nc3ccccc3)CC2)c2ccccc21. The average molecular weight is 322 g/mol. The number of carbonyl (C=O) groups is 2. The van der Waals surface area contributed by atoms with Crippen molar-refractivity contribution >= 4 is 17.7 Å². The molecule has 1 N–H and O–H groups in total. The van der Waals surface area contributed by atoms with E-state index >= 15 is 0 Å². The van der Waals surface area contributed by atoms with Crippen molar-refractivity contribution in [3.05, 3.63) is 65.7 Å². The van der Waals surface area contributed by atoms with Gasteiger partial charge in [0.15, 0.2) is 0 Å². The number of amides is 2. The highest BCUT2D eigenvalue weighted by atomic mass is 16.6. The molecule has 1 fully saturated rings. The number of hydrogen-bond donors (Lipinski definition) is 1. The third-order valence-corrected chi connectivity index (χ3v) is 4.81. The molecule has 0 bridgehead atoms. The molecule has 0 aromatic heterocycles. The molecule has 1 saturated heterocycles. The average Bonchev–Trinajstić information content (AvgIpc) is 2.89. The minimum atomic E-state index is -0.572. The fraction of sp³-hybridized carbons (Fsp3) is 0.263. The van der Waals surface area contributed by atoms with Crippen molar-refractivity contribution in [3.63, 3.8) is 0 Å². The molecule has 0 unspecified atom stereocenters. The quantitative estimate of drug-likeness (QED) is 0.819. The summed E-state index contributed by atoms with van der Waals surface area (Å²) < 4.78 is 5.71. The van der Waals surface area contributed by atoms with E-state index in [2.05, 4.69) is 5.32 Å². The lowest BCUT2D eigenvalue weighted by Gasteiger charge is -2.38. The molecular formula is C19H18N2O3. The molecule has 2 aromatic carbocycles. The van der Waals surface area contributed by atoms with Crippen molar-refractivity contribution in [1.29, 1.82) is 0 Å². The summed E-state index contributed by atoms with van der Waals surface area (Å²) in [5.41, 5.74) is 1.82. The second-order valence-corrected chi connectivity index (χ2v) is 6.21. The lowest BCUT2D eigenvalue weighted by atomic mass is 9.84. The van der Waals surface area contributed by atoms with Crippen LogP contribution in [0.1, 0.15) is 28.8 Å². The number of piperidine rings is 1. The number of carbonyl (C=O) groups excluding carboxylic acids is 2. The smallest absolute Gasteiger partial charge is 0.339 e. The first kappa shape index (κ1) is 14.8. The Hall–Kier alpha value is -2.82. The summed E-state index contributed by atoms with van der Waals surface area (Å²) in [6.07, 6.45) is 1.25. The van der Waals surface area contributed by atoms with Gasteiger partial charge in [-0.25, -0.2) is 9.59 Å². The highest BCUT2D eigenvalue weighted by molar-refractivity contribution is 5.95. The number of fused-ring (bicyclic) bond motifs is 2. The fourth-order valence-corrected chi connectivity index (χ4v) is 3.51. The molecule has 2 aliphatic heterocycles. The van der Waals surface area contributed by atoms with E-state index in [1.165, 1.54) is 0 Å². The summed E-state index contributed by atoms with van der Waals surface area (Å²) >= 11 is 0. The Bertz CT molecular complexity index is 780. The molecule has 4 rings (SSSR count). The summed E-state index contributed by atoms with van der Waals surface area (Å²) in [6.45, 7) is 1.11. The van der Waals surface area contributed by atoms with Gasteiger partial charge in [0, 0.05) is 37.2 Å². The molecule has 2 amide bonds. The Kier molecular flexibility index (Phi) is 3.49. The van der Waals surface area contributed by atoms with Crippen LogP contribution in [0.5, 0.6) is 0 Å². The zero-order valence-corrected chi connectivity index (χ0v) is 13.2. The van der Waals surface area contributed by atoms with Crippen LogP contribution in [0.15, 0.2) is 54.6 Å². The zero-order chi connectivity index (χ0) is 16.6. The van der Waals surface area contributed by atoms with Gasteiger partial charge >= 0.3 is 12.0 Å². The van der Waals surface area contributed by atoms with E-state index in [1.54, 1.807) is 11.0 Å². The number of anilines is 1. The molecule has 0 atom stereocenters. The molecule has 0 saturated carbocycles. The molecule has 5 nitrogen and oxygen atoms in total. The molecular weight excluding hydrogens is 304 g/mol. The van der Waals surface area contributed by atoms with Crippen LogP contribution in [-0.2, 0) is 10.3 Å². The minimum Gasteiger partial charge on any atom is -0.450 e. The van der Waals surface area contributed by atoms with Gasteiger partial charge in [0.25, 0.3) is 0 Å². The Morgan fingerprint density at radius 1 is 1.00 bits per heavy atom. The normalized spacial score (nSPS) is 18.2. The first-order valence-corrected chi connectivity index (χ1v) is 8.12. The Labute approximate surface area is 140 Å². The van der Waals surface area contributed by atoms with Crippen LogP contribution in [0.2, 0.25) is 0 Å². The fourth-order valence-electron chi connectivity index (χ4n) is 3.51. The predicted octanol–water partition coefficient (Wildman–Crippen LogP) is 3.38.